The van der Waals surface area contributed by atoms with E-state index in [1.165, 1.54) is 11.0 Å². The van der Waals surface area contributed by atoms with Crippen LogP contribution in [0.1, 0.15) is 48.8 Å². The first-order valence-corrected chi connectivity index (χ1v) is 15.8. The number of anilines is 3. The van der Waals surface area contributed by atoms with Gasteiger partial charge in [0.2, 0.25) is 18.0 Å². The van der Waals surface area contributed by atoms with E-state index < -0.39 is 23.9 Å². The standard InChI is InChI=1S/C35H35FN6O4/c36-27-7-3-1-5-25(27)32-26-6-2-4-8-29(26)42(20-31(44)41-18-21-9-10-22(19-41)12-11-21)34(45)33(39-32)40-35(46)37-24-14-15-28-23(17-24)13-16-30(43)38-28/h1-8,14-15,17,21-22,33H,9-13,16,18-20H2,(H,38,43)(H2,37,40,46)/t21?,22?,33-/m0/s1. The Balaban J connectivity index is 1.20. The Kier molecular flexibility index (Phi) is 7.98. The highest BCUT2D eigenvalue weighted by Gasteiger charge is 2.37. The average molecular weight is 623 g/mol. The molecule has 4 heterocycles. The van der Waals surface area contributed by atoms with Crippen molar-refractivity contribution in [3.05, 3.63) is 89.2 Å². The molecule has 0 spiro atoms. The van der Waals surface area contributed by atoms with Gasteiger partial charge in [-0.1, -0.05) is 30.3 Å². The molecular weight excluding hydrogens is 587 g/mol. The van der Waals surface area contributed by atoms with Crippen molar-refractivity contribution in [2.24, 2.45) is 16.8 Å². The number of nitrogens with one attached hydrogen (secondary N) is 3. The number of nitrogens with zero attached hydrogens (tertiary/aromatic N) is 3. The molecule has 11 heteroatoms. The first kappa shape index (κ1) is 29.6. The van der Waals surface area contributed by atoms with Gasteiger partial charge in [-0.2, -0.15) is 0 Å². The summed E-state index contributed by atoms with van der Waals surface area (Å²) >= 11 is 0. The molecule has 3 fully saturated rings. The zero-order chi connectivity index (χ0) is 31.8. The van der Waals surface area contributed by atoms with Crippen LogP contribution in [0.15, 0.2) is 71.7 Å². The second kappa shape index (κ2) is 12.4. The molecule has 3 N–H and O–H groups in total. The summed E-state index contributed by atoms with van der Waals surface area (Å²) in [6.45, 7) is 1.11. The topological polar surface area (TPSA) is 123 Å². The van der Waals surface area contributed by atoms with Crippen LogP contribution in [0.5, 0.6) is 0 Å². The quantitative estimate of drug-likeness (QED) is 0.382. The lowest BCUT2D eigenvalue weighted by Crippen LogP contribution is -2.51. The predicted octanol–water partition coefficient (Wildman–Crippen LogP) is 4.69. The summed E-state index contributed by atoms with van der Waals surface area (Å²) in [6.07, 6.45) is 3.88. The fourth-order valence-electron chi connectivity index (χ4n) is 7.04. The zero-order valence-electron chi connectivity index (χ0n) is 25.3. The van der Waals surface area contributed by atoms with Crippen LogP contribution >= 0.6 is 0 Å². The maximum Gasteiger partial charge on any atom is 0.321 e. The number of aryl methyl sites for hydroxylation is 1. The van der Waals surface area contributed by atoms with Crippen LogP contribution < -0.4 is 20.9 Å². The minimum absolute atomic E-state index is 0.0615. The number of hydrogen-bond donors (Lipinski definition) is 3. The fourth-order valence-corrected chi connectivity index (χ4v) is 7.04. The van der Waals surface area contributed by atoms with E-state index in [0.717, 1.165) is 31.2 Å². The highest BCUT2D eigenvalue weighted by molar-refractivity contribution is 6.21. The number of carbonyl (C=O) groups excluding carboxylic acids is 4. The van der Waals surface area contributed by atoms with Gasteiger partial charge in [0.05, 0.1) is 11.4 Å². The molecule has 5 aliphatic rings. The van der Waals surface area contributed by atoms with E-state index >= 15 is 4.39 Å². The highest BCUT2D eigenvalue weighted by Crippen LogP contribution is 2.35. The van der Waals surface area contributed by atoms with E-state index in [0.29, 0.717) is 60.4 Å². The molecule has 10 nitrogen and oxygen atoms in total. The van der Waals surface area contributed by atoms with E-state index in [9.17, 15) is 19.2 Å². The molecule has 3 aromatic carbocycles. The highest BCUT2D eigenvalue weighted by atomic mass is 19.1. The number of fused-ring (bicyclic) bond motifs is 6. The summed E-state index contributed by atoms with van der Waals surface area (Å²) in [5, 5.41) is 8.24. The Hall–Kier alpha value is -5.06. The van der Waals surface area contributed by atoms with Crippen LogP contribution in [0.4, 0.5) is 26.2 Å². The molecule has 5 amide bonds. The van der Waals surface area contributed by atoms with Gasteiger partial charge in [-0.25, -0.2) is 14.2 Å². The van der Waals surface area contributed by atoms with E-state index in [1.807, 2.05) is 4.90 Å². The number of amides is 5. The molecule has 46 heavy (non-hydrogen) atoms. The third-order valence-electron chi connectivity index (χ3n) is 9.43. The number of urea groups is 1. The van der Waals surface area contributed by atoms with Crippen molar-refractivity contribution in [1.29, 1.82) is 0 Å². The van der Waals surface area contributed by atoms with Gasteiger partial charge in [-0.3, -0.25) is 19.3 Å². The smallest absolute Gasteiger partial charge is 0.321 e. The Labute approximate surface area is 266 Å². The minimum atomic E-state index is -1.45. The third kappa shape index (κ3) is 5.96. The van der Waals surface area contributed by atoms with Gasteiger partial charge in [0.25, 0.3) is 5.91 Å². The number of rotatable bonds is 5. The second-order valence-electron chi connectivity index (χ2n) is 12.5. The molecule has 1 saturated carbocycles. The van der Waals surface area contributed by atoms with Crippen LogP contribution in [0.25, 0.3) is 0 Å². The summed E-state index contributed by atoms with van der Waals surface area (Å²) < 4.78 is 15.2. The number of benzene rings is 3. The SMILES string of the molecule is O=C1CCc2cc(NC(=O)N[C@@H]3N=C(c4ccccc4F)c4ccccc4N(CC(=O)N4CC5CCC(CC5)C4)C3=O)ccc2N1. The van der Waals surface area contributed by atoms with Crippen molar-refractivity contribution in [3.63, 3.8) is 0 Å². The van der Waals surface area contributed by atoms with Gasteiger partial charge in [0.1, 0.15) is 12.4 Å². The first-order chi connectivity index (χ1) is 22.3. The fraction of sp³-hybridized carbons (Fsp3) is 0.343. The zero-order valence-corrected chi connectivity index (χ0v) is 25.3. The second-order valence-corrected chi connectivity index (χ2v) is 12.5. The van der Waals surface area contributed by atoms with Gasteiger partial charge >= 0.3 is 6.03 Å². The van der Waals surface area contributed by atoms with Crippen molar-refractivity contribution in [1.82, 2.24) is 10.2 Å². The van der Waals surface area contributed by atoms with Crippen molar-refractivity contribution in [2.45, 2.75) is 44.7 Å². The lowest BCUT2D eigenvalue weighted by Gasteiger charge is -2.29. The lowest BCUT2D eigenvalue weighted by atomic mass is 9.84. The normalized spacial score (nSPS) is 22.1. The molecule has 0 unspecified atom stereocenters. The number of hydrogen-bond acceptors (Lipinski definition) is 5. The van der Waals surface area contributed by atoms with Crippen LogP contribution in [0.3, 0.4) is 0 Å². The Bertz CT molecular complexity index is 1740. The number of para-hydroxylation sites is 1. The van der Waals surface area contributed by atoms with Gasteiger partial charge in [-0.15, -0.1) is 0 Å². The molecule has 0 aromatic heterocycles. The van der Waals surface area contributed by atoms with Crippen molar-refractivity contribution >= 4 is 46.5 Å². The molecule has 4 aliphatic heterocycles. The maximum absolute atomic E-state index is 15.2. The molecule has 2 bridgehead atoms. The third-order valence-corrected chi connectivity index (χ3v) is 9.43. The summed E-state index contributed by atoms with van der Waals surface area (Å²) in [5.74, 6) is -0.438. The van der Waals surface area contributed by atoms with Gasteiger partial charge in [0.15, 0.2) is 0 Å². The van der Waals surface area contributed by atoms with Crippen molar-refractivity contribution in [2.75, 3.05) is 35.2 Å². The number of carbonyl (C=O) groups is 4. The first-order valence-electron chi connectivity index (χ1n) is 15.8. The molecule has 1 atom stereocenters. The average Bonchev–Trinajstić information content (AvgIpc) is 3.44. The van der Waals surface area contributed by atoms with Gasteiger partial charge < -0.3 is 20.9 Å². The van der Waals surface area contributed by atoms with Crippen LogP contribution in [-0.4, -0.2) is 60.2 Å². The largest absolute Gasteiger partial charge is 0.341 e. The van der Waals surface area contributed by atoms with Crippen molar-refractivity contribution in [3.8, 4) is 0 Å². The van der Waals surface area contributed by atoms with E-state index in [-0.39, 0.29) is 29.6 Å². The monoisotopic (exact) mass is 622 g/mol. The van der Waals surface area contributed by atoms with Gasteiger partial charge in [-0.05, 0) is 85.9 Å². The van der Waals surface area contributed by atoms with Gasteiger partial charge in [0, 0.05) is 42.0 Å². The number of benzodiazepines with no additional fused rings is 1. The van der Waals surface area contributed by atoms with Crippen LogP contribution in [0.2, 0.25) is 0 Å². The van der Waals surface area contributed by atoms with E-state index in [1.54, 1.807) is 60.7 Å². The van der Waals surface area contributed by atoms with Crippen molar-refractivity contribution < 1.29 is 23.6 Å². The molecule has 0 radical (unpaired) electrons. The van der Waals surface area contributed by atoms with Crippen LogP contribution in [-0.2, 0) is 20.8 Å². The minimum Gasteiger partial charge on any atom is -0.341 e. The lowest BCUT2D eigenvalue weighted by molar-refractivity contribution is -0.132. The number of aliphatic imine (C=N–C) groups is 1. The molecule has 8 rings (SSSR count). The summed E-state index contributed by atoms with van der Waals surface area (Å²) in [4.78, 5) is 61.1. The molecule has 3 aromatic rings. The summed E-state index contributed by atoms with van der Waals surface area (Å²) in [5.41, 5.74) is 3.30. The number of halogens is 1. The van der Waals surface area contributed by atoms with E-state index in [4.69, 9.17) is 0 Å². The maximum atomic E-state index is 15.2. The Morgan fingerprint density at radius 1 is 0.891 bits per heavy atom. The van der Waals surface area contributed by atoms with Crippen LogP contribution in [0, 0.1) is 17.7 Å². The summed E-state index contributed by atoms with van der Waals surface area (Å²) in [7, 11) is 0. The molecule has 236 valence electrons. The molecule has 1 aliphatic carbocycles. The molecular formula is C35H35FN6O4. The summed E-state index contributed by atoms with van der Waals surface area (Å²) in [6, 6.07) is 17.6. The van der Waals surface area contributed by atoms with E-state index in [2.05, 4.69) is 20.9 Å². The predicted molar refractivity (Wildman–Crippen MR) is 172 cm³/mol. The Morgan fingerprint density at radius 2 is 1.59 bits per heavy atom. The Morgan fingerprint density at radius 3 is 2.33 bits per heavy atom. The molecule has 2 saturated heterocycles.